The summed E-state index contributed by atoms with van der Waals surface area (Å²) in [5.41, 5.74) is -0.224. The van der Waals surface area contributed by atoms with Crippen LogP contribution in [0.2, 0.25) is 0 Å². The number of hydrogen-bond donors (Lipinski definition) is 0. The summed E-state index contributed by atoms with van der Waals surface area (Å²) in [6.45, 7) is 5.05. The van der Waals surface area contributed by atoms with Gasteiger partial charge in [-0.25, -0.2) is 0 Å². The summed E-state index contributed by atoms with van der Waals surface area (Å²) in [6, 6.07) is 9.44. The van der Waals surface area contributed by atoms with Crippen LogP contribution in [0.25, 0.3) is 0 Å². The van der Waals surface area contributed by atoms with Gasteiger partial charge in [0.2, 0.25) is 0 Å². The van der Waals surface area contributed by atoms with Crippen molar-refractivity contribution in [2.24, 2.45) is 5.41 Å². The van der Waals surface area contributed by atoms with Gasteiger partial charge < -0.3 is 4.74 Å². The predicted octanol–water partition coefficient (Wildman–Crippen LogP) is 2.55. The van der Waals surface area contributed by atoms with Gasteiger partial charge in [-0.3, -0.25) is 9.59 Å². The van der Waals surface area contributed by atoms with E-state index in [0.717, 1.165) is 5.56 Å². The SMILES string of the molecule is C=CCC(Cc1ccccc1)(C(C)=O)C(=O)OC. The fourth-order valence-electron chi connectivity index (χ4n) is 2.03. The van der Waals surface area contributed by atoms with Crippen molar-refractivity contribution in [3.05, 3.63) is 48.6 Å². The molecule has 1 aromatic rings. The highest BCUT2D eigenvalue weighted by molar-refractivity contribution is 6.03. The minimum Gasteiger partial charge on any atom is -0.468 e. The first-order chi connectivity index (χ1) is 8.56. The molecule has 18 heavy (non-hydrogen) atoms. The molecule has 0 bridgehead atoms. The van der Waals surface area contributed by atoms with Crippen molar-refractivity contribution in [3.8, 4) is 0 Å². The van der Waals surface area contributed by atoms with E-state index in [2.05, 4.69) is 6.58 Å². The van der Waals surface area contributed by atoms with Crippen molar-refractivity contribution in [1.82, 2.24) is 0 Å². The molecule has 0 spiro atoms. The van der Waals surface area contributed by atoms with Crippen molar-refractivity contribution < 1.29 is 14.3 Å². The zero-order chi connectivity index (χ0) is 13.6. The fourth-order valence-corrected chi connectivity index (χ4v) is 2.03. The van der Waals surface area contributed by atoms with Gasteiger partial charge in [-0.2, -0.15) is 0 Å². The molecule has 96 valence electrons. The molecule has 0 aromatic heterocycles. The molecule has 3 heteroatoms. The quantitative estimate of drug-likeness (QED) is 0.440. The monoisotopic (exact) mass is 246 g/mol. The first-order valence-corrected chi connectivity index (χ1v) is 5.81. The largest absolute Gasteiger partial charge is 0.468 e. The van der Waals surface area contributed by atoms with E-state index in [1.165, 1.54) is 14.0 Å². The summed E-state index contributed by atoms with van der Waals surface area (Å²) in [7, 11) is 1.30. The van der Waals surface area contributed by atoms with Crippen LogP contribution in [0.3, 0.4) is 0 Å². The van der Waals surface area contributed by atoms with Crippen LogP contribution in [-0.2, 0) is 20.7 Å². The molecule has 0 aliphatic carbocycles. The normalized spacial score (nSPS) is 13.4. The predicted molar refractivity (Wildman–Crippen MR) is 70.1 cm³/mol. The van der Waals surface area contributed by atoms with Crippen LogP contribution < -0.4 is 0 Å². The molecular weight excluding hydrogens is 228 g/mol. The fraction of sp³-hybridized carbons (Fsp3) is 0.333. The molecule has 0 aliphatic rings. The van der Waals surface area contributed by atoms with E-state index >= 15 is 0 Å². The number of rotatable bonds is 6. The van der Waals surface area contributed by atoms with E-state index in [9.17, 15) is 9.59 Å². The average molecular weight is 246 g/mol. The number of allylic oxidation sites excluding steroid dienone is 1. The van der Waals surface area contributed by atoms with E-state index in [0.29, 0.717) is 6.42 Å². The second kappa shape index (κ2) is 6.15. The summed E-state index contributed by atoms with van der Waals surface area (Å²) < 4.78 is 4.79. The van der Waals surface area contributed by atoms with Gasteiger partial charge in [0.05, 0.1) is 7.11 Å². The maximum Gasteiger partial charge on any atom is 0.320 e. The molecule has 0 radical (unpaired) electrons. The first-order valence-electron chi connectivity index (χ1n) is 5.81. The Morgan fingerprint density at radius 2 is 1.94 bits per heavy atom. The minimum atomic E-state index is -1.15. The lowest BCUT2D eigenvalue weighted by atomic mass is 9.75. The average Bonchev–Trinajstić information content (AvgIpc) is 2.38. The summed E-state index contributed by atoms with van der Waals surface area (Å²) in [5.74, 6) is -0.697. The summed E-state index contributed by atoms with van der Waals surface area (Å²) >= 11 is 0. The maximum atomic E-state index is 12.0. The number of Topliss-reactive ketones (excluding diaryl/α,β-unsaturated/α-hetero) is 1. The van der Waals surface area contributed by atoms with E-state index in [1.54, 1.807) is 6.08 Å². The topological polar surface area (TPSA) is 43.4 Å². The van der Waals surface area contributed by atoms with Crippen LogP contribution in [-0.4, -0.2) is 18.9 Å². The Kier molecular flexibility index (Phi) is 4.84. The van der Waals surface area contributed by atoms with E-state index in [1.807, 2.05) is 30.3 Å². The number of hydrogen-bond acceptors (Lipinski definition) is 3. The number of methoxy groups -OCH3 is 1. The molecule has 1 unspecified atom stereocenters. The van der Waals surface area contributed by atoms with Crippen molar-refractivity contribution in [3.63, 3.8) is 0 Å². The maximum absolute atomic E-state index is 12.0. The standard InChI is InChI=1S/C15H18O3/c1-4-10-15(12(2)16,14(17)18-3)11-13-8-6-5-7-9-13/h4-9H,1,10-11H2,2-3H3. The van der Waals surface area contributed by atoms with Gasteiger partial charge in [0.15, 0.2) is 0 Å². The van der Waals surface area contributed by atoms with Gasteiger partial charge in [-0.05, 0) is 25.3 Å². The molecule has 1 rings (SSSR count). The minimum absolute atomic E-state index is 0.196. The van der Waals surface area contributed by atoms with Crippen LogP contribution in [0.4, 0.5) is 0 Å². The lowest BCUT2D eigenvalue weighted by Crippen LogP contribution is -2.40. The van der Waals surface area contributed by atoms with Crippen LogP contribution in [0.15, 0.2) is 43.0 Å². The van der Waals surface area contributed by atoms with Crippen molar-refractivity contribution >= 4 is 11.8 Å². The lowest BCUT2D eigenvalue weighted by Gasteiger charge is -2.27. The summed E-state index contributed by atoms with van der Waals surface area (Å²) in [5, 5.41) is 0. The highest BCUT2D eigenvalue weighted by Crippen LogP contribution is 2.30. The molecule has 0 heterocycles. The highest BCUT2D eigenvalue weighted by Gasteiger charge is 2.43. The molecular formula is C15H18O3. The van der Waals surface area contributed by atoms with Gasteiger partial charge >= 0.3 is 5.97 Å². The van der Waals surface area contributed by atoms with Crippen LogP contribution >= 0.6 is 0 Å². The number of carbonyl (C=O) groups is 2. The smallest absolute Gasteiger partial charge is 0.320 e. The first kappa shape index (κ1) is 14.2. The van der Waals surface area contributed by atoms with E-state index in [4.69, 9.17) is 4.74 Å². The van der Waals surface area contributed by atoms with Crippen LogP contribution in [0.1, 0.15) is 18.9 Å². The Morgan fingerprint density at radius 1 is 1.33 bits per heavy atom. The van der Waals surface area contributed by atoms with E-state index in [-0.39, 0.29) is 12.2 Å². The molecule has 0 saturated heterocycles. The third-order valence-corrected chi connectivity index (χ3v) is 3.09. The summed E-state index contributed by atoms with van der Waals surface area (Å²) in [4.78, 5) is 23.9. The Balaban J connectivity index is 3.14. The molecule has 0 amide bonds. The second-order valence-electron chi connectivity index (χ2n) is 4.29. The second-order valence-corrected chi connectivity index (χ2v) is 4.29. The van der Waals surface area contributed by atoms with Gasteiger partial charge in [0, 0.05) is 0 Å². The Bertz CT molecular complexity index is 436. The van der Waals surface area contributed by atoms with E-state index < -0.39 is 11.4 Å². The van der Waals surface area contributed by atoms with Gasteiger partial charge in [-0.1, -0.05) is 36.4 Å². The molecule has 1 atom stereocenters. The molecule has 3 nitrogen and oxygen atoms in total. The zero-order valence-corrected chi connectivity index (χ0v) is 10.8. The van der Waals surface area contributed by atoms with Crippen molar-refractivity contribution in [2.45, 2.75) is 19.8 Å². The summed E-state index contributed by atoms with van der Waals surface area (Å²) in [6.07, 6.45) is 2.20. The van der Waals surface area contributed by atoms with Crippen molar-refractivity contribution in [1.29, 1.82) is 0 Å². The molecule has 1 aromatic carbocycles. The van der Waals surface area contributed by atoms with Crippen LogP contribution in [0.5, 0.6) is 0 Å². The molecule has 0 N–H and O–H groups in total. The Labute approximate surface area is 107 Å². The van der Waals surface area contributed by atoms with Crippen LogP contribution in [0, 0.1) is 5.41 Å². The zero-order valence-electron chi connectivity index (χ0n) is 10.8. The van der Waals surface area contributed by atoms with Gasteiger partial charge in [0.25, 0.3) is 0 Å². The Hall–Kier alpha value is -1.90. The highest BCUT2D eigenvalue weighted by atomic mass is 16.5. The Morgan fingerprint density at radius 3 is 2.39 bits per heavy atom. The number of carbonyl (C=O) groups excluding carboxylic acids is 2. The van der Waals surface area contributed by atoms with Crippen molar-refractivity contribution in [2.75, 3.05) is 7.11 Å². The van der Waals surface area contributed by atoms with Gasteiger partial charge in [-0.15, -0.1) is 6.58 Å². The number of benzene rings is 1. The molecule has 0 saturated carbocycles. The molecule has 0 aliphatic heterocycles. The van der Waals surface area contributed by atoms with Gasteiger partial charge in [0.1, 0.15) is 11.2 Å². The number of ketones is 1. The third kappa shape index (κ3) is 2.86. The lowest BCUT2D eigenvalue weighted by molar-refractivity contribution is -0.157. The molecule has 0 fully saturated rings. The third-order valence-electron chi connectivity index (χ3n) is 3.09. The number of ether oxygens (including phenoxy) is 1. The number of esters is 1.